The maximum Gasteiger partial charge on any atom is 0.466 e. The Kier molecular flexibility index (Phi) is 11.4. The quantitative estimate of drug-likeness (QED) is 0.220. The largest absolute Gasteiger partial charge is 0.466 e. The highest BCUT2D eigenvalue weighted by atomic mass is 31.2. The summed E-state index contributed by atoms with van der Waals surface area (Å²) >= 11 is 0. The first-order valence-corrected chi connectivity index (χ1v) is 13.0. The Hall–Kier alpha value is -2.23. The molecule has 3 aromatic carbocycles. The Morgan fingerprint density at radius 2 is 1.12 bits per heavy atom. The van der Waals surface area contributed by atoms with Gasteiger partial charge >= 0.3 is 7.82 Å². The van der Waals surface area contributed by atoms with E-state index in [2.05, 4.69) is 85.8 Å². The third-order valence-corrected chi connectivity index (χ3v) is 5.35. The Bertz CT molecular complexity index is 944. The fraction of sp³-hybridized carbons (Fsp3) is 0.333. The number of unbranched alkanes of at least 4 members (excludes halogenated alkanes) is 6. The van der Waals surface area contributed by atoms with Crippen LogP contribution in [0.2, 0.25) is 0 Å². The van der Waals surface area contributed by atoms with E-state index in [1.54, 1.807) is 0 Å². The monoisotopic (exact) mass is 454 g/mol. The third kappa shape index (κ3) is 9.93. The van der Waals surface area contributed by atoms with Gasteiger partial charge in [0.25, 0.3) is 0 Å². The molecular formula is C27H35O4P. The molecule has 0 saturated carbocycles. The molecule has 172 valence electrons. The topological polar surface area (TPSA) is 77.8 Å². The van der Waals surface area contributed by atoms with Gasteiger partial charge in [0.1, 0.15) is 0 Å². The Morgan fingerprint density at radius 1 is 0.625 bits per heavy atom. The lowest BCUT2D eigenvalue weighted by molar-refractivity contribution is 0.275. The molecule has 0 aliphatic rings. The predicted molar refractivity (Wildman–Crippen MR) is 133 cm³/mol. The first kappa shape index (κ1) is 26.0. The van der Waals surface area contributed by atoms with Crippen molar-refractivity contribution in [3.8, 4) is 22.3 Å². The molecule has 4 nitrogen and oxygen atoms in total. The maximum absolute atomic E-state index is 8.88. The third-order valence-electron chi connectivity index (χ3n) is 5.35. The van der Waals surface area contributed by atoms with Gasteiger partial charge in [-0.25, -0.2) is 4.57 Å². The number of benzene rings is 3. The van der Waals surface area contributed by atoms with Crippen molar-refractivity contribution in [1.82, 2.24) is 0 Å². The Labute approximate surface area is 192 Å². The number of aryl methyl sites for hydroxylation is 1. The zero-order valence-corrected chi connectivity index (χ0v) is 19.8. The summed E-state index contributed by atoms with van der Waals surface area (Å²) in [7, 11) is -4.64. The lowest BCUT2D eigenvalue weighted by Crippen LogP contribution is -1.94. The van der Waals surface area contributed by atoms with E-state index in [-0.39, 0.29) is 0 Å². The highest BCUT2D eigenvalue weighted by molar-refractivity contribution is 7.45. The van der Waals surface area contributed by atoms with Crippen LogP contribution >= 0.6 is 7.82 Å². The second kappa shape index (κ2) is 14.0. The highest BCUT2D eigenvalue weighted by Crippen LogP contribution is 2.35. The molecular weight excluding hydrogens is 419 g/mol. The van der Waals surface area contributed by atoms with E-state index >= 15 is 0 Å². The molecule has 0 heterocycles. The van der Waals surface area contributed by atoms with E-state index in [4.69, 9.17) is 19.2 Å². The Morgan fingerprint density at radius 3 is 1.69 bits per heavy atom. The van der Waals surface area contributed by atoms with E-state index < -0.39 is 7.82 Å². The van der Waals surface area contributed by atoms with Crippen molar-refractivity contribution in [3.63, 3.8) is 0 Å². The summed E-state index contributed by atoms with van der Waals surface area (Å²) in [6, 6.07) is 28.5. The number of hydrogen-bond donors (Lipinski definition) is 3. The van der Waals surface area contributed by atoms with Crippen LogP contribution in [0.5, 0.6) is 0 Å². The highest BCUT2D eigenvalue weighted by Gasteiger charge is 2.12. The molecule has 0 aliphatic carbocycles. The van der Waals surface area contributed by atoms with Gasteiger partial charge in [0, 0.05) is 0 Å². The van der Waals surface area contributed by atoms with Crippen LogP contribution in [0, 0.1) is 0 Å². The molecule has 0 spiro atoms. The standard InChI is InChI=1S/C27H32.H3O4P/c1-2-3-4-5-6-7-10-18-25-21-15-22-26(23-16-11-8-12-17-23)27(25)24-19-13-9-14-20-24;1-5(2,3)4/h8-9,11-17,19-22H,2-7,10,18H2,1H3;(H3,1,2,3,4). The molecule has 0 aromatic heterocycles. The van der Waals surface area contributed by atoms with Crippen LogP contribution in [0.4, 0.5) is 0 Å². The second-order valence-electron chi connectivity index (χ2n) is 7.96. The van der Waals surface area contributed by atoms with Gasteiger partial charge in [0.15, 0.2) is 0 Å². The summed E-state index contributed by atoms with van der Waals surface area (Å²) in [5.41, 5.74) is 6.88. The van der Waals surface area contributed by atoms with Crippen molar-refractivity contribution in [2.24, 2.45) is 0 Å². The zero-order valence-electron chi connectivity index (χ0n) is 18.9. The molecule has 0 saturated heterocycles. The van der Waals surface area contributed by atoms with Gasteiger partial charge in [0.2, 0.25) is 0 Å². The van der Waals surface area contributed by atoms with Crippen LogP contribution in [0.15, 0.2) is 78.9 Å². The molecule has 0 aliphatic heterocycles. The molecule has 0 atom stereocenters. The molecule has 5 heteroatoms. The van der Waals surface area contributed by atoms with E-state index in [1.807, 2.05) is 0 Å². The summed E-state index contributed by atoms with van der Waals surface area (Å²) in [6.45, 7) is 2.28. The summed E-state index contributed by atoms with van der Waals surface area (Å²) in [5, 5.41) is 0. The van der Waals surface area contributed by atoms with Crippen molar-refractivity contribution < 1.29 is 19.2 Å². The van der Waals surface area contributed by atoms with Crippen LogP contribution in [-0.4, -0.2) is 14.7 Å². The molecule has 0 amide bonds. The van der Waals surface area contributed by atoms with Crippen molar-refractivity contribution in [3.05, 3.63) is 84.4 Å². The Balaban J connectivity index is 0.000000654. The van der Waals surface area contributed by atoms with Crippen LogP contribution in [0.25, 0.3) is 22.3 Å². The zero-order chi connectivity index (χ0) is 23.2. The minimum Gasteiger partial charge on any atom is -0.303 e. The van der Waals surface area contributed by atoms with Gasteiger partial charge < -0.3 is 14.7 Å². The van der Waals surface area contributed by atoms with Gasteiger partial charge in [-0.3, -0.25) is 0 Å². The molecule has 3 aromatic rings. The van der Waals surface area contributed by atoms with E-state index in [9.17, 15) is 0 Å². The SMILES string of the molecule is CCCCCCCCCc1cccc(-c2ccccc2)c1-c1ccccc1.O=P(O)(O)O. The molecule has 0 fully saturated rings. The minimum absolute atomic E-state index is 1.17. The fourth-order valence-electron chi connectivity index (χ4n) is 3.89. The average Bonchev–Trinajstić information content (AvgIpc) is 2.78. The van der Waals surface area contributed by atoms with Gasteiger partial charge in [-0.1, -0.05) is 124 Å². The minimum atomic E-state index is -4.64. The van der Waals surface area contributed by atoms with Gasteiger partial charge in [-0.2, -0.15) is 0 Å². The van der Waals surface area contributed by atoms with Crippen molar-refractivity contribution in [2.45, 2.75) is 58.3 Å². The smallest absolute Gasteiger partial charge is 0.303 e. The molecule has 3 rings (SSSR count). The van der Waals surface area contributed by atoms with Crippen LogP contribution in [-0.2, 0) is 11.0 Å². The lowest BCUT2D eigenvalue weighted by Gasteiger charge is -2.16. The average molecular weight is 455 g/mol. The van der Waals surface area contributed by atoms with E-state index in [0.29, 0.717) is 0 Å². The van der Waals surface area contributed by atoms with Crippen LogP contribution in [0.1, 0.15) is 57.4 Å². The molecule has 0 unspecified atom stereocenters. The fourth-order valence-corrected chi connectivity index (χ4v) is 3.89. The number of rotatable bonds is 10. The summed E-state index contributed by atoms with van der Waals surface area (Å²) < 4.78 is 8.88. The van der Waals surface area contributed by atoms with E-state index in [0.717, 1.165) is 0 Å². The number of hydrogen-bond acceptors (Lipinski definition) is 1. The van der Waals surface area contributed by atoms with Crippen LogP contribution < -0.4 is 0 Å². The predicted octanol–water partition coefficient (Wildman–Crippen LogP) is 7.39. The summed E-state index contributed by atoms with van der Waals surface area (Å²) in [4.78, 5) is 21.6. The lowest BCUT2D eigenvalue weighted by atomic mass is 9.88. The molecule has 0 bridgehead atoms. The van der Waals surface area contributed by atoms with Gasteiger partial charge in [0.05, 0.1) is 0 Å². The normalized spacial score (nSPS) is 11.0. The van der Waals surface area contributed by atoms with E-state index in [1.165, 1.54) is 79.2 Å². The second-order valence-corrected chi connectivity index (χ2v) is 8.98. The van der Waals surface area contributed by atoms with Gasteiger partial charge in [-0.05, 0) is 40.7 Å². The maximum atomic E-state index is 8.88. The molecule has 3 N–H and O–H groups in total. The van der Waals surface area contributed by atoms with Gasteiger partial charge in [-0.15, -0.1) is 0 Å². The first-order valence-electron chi connectivity index (χ1n) is 11.4. The number of phosphoric acid groups is 1. The molecule has 0 radical (unpaired) electrons. The van der Waals surface area contributed by atoms with Crippen molar-refractivity contribution in [2.75, 3.05) is 0 Å². The summed E-state index contributed by atoms with van der Waals surface area (Å²) in [6.07, 6.45) is 10.7. The van der Waals surface area contributed by atoms with Crippen LogP contribution in [0.3, 0.4) is 0 Å². The summed E-state index contributed by atoms with van der Waals surface area (Å²) in [5.74, 6) is 0. The first-order chi connectivity index (χ1) is 15.4. The molecule has 32 heavy (non-hydrogen) atoms. The van der Waals surface area contributed by atoms with Crippen molar-refractivity contribution >= 4 is 7.82 Å². The van der Waals surface area contributed by atoms with Crippen molar-refractivity contribution in [1.29, 1.82) is 0 Å².